The van der Waals surface area contributed by atoms with Crippen LogP contribution in [0, 0.1) is 0 Å². The van der Waals surface area contributed by atoms with E-state index < -0.39 is 16.2 Å². The summed E-state index contributed by atoms with van der Waals surface area (Å²) in [5.74, 6) is -0.355. The van der Waals surface area contributed by atoms with Crippen molar-refractivity contribution in [3.05, 3.63) is 84.7 Å². The number of nitrogens with zero attached hydrogens (tertiary/aromatic N) is 3. The van der Waals surface area contributed by atoms with Crippen molar-refractivity contribution < 1.29 is 31.5 Å². The summed E-state index contributed by atoms with van der Waals surface area (Å²) in [5.41, 5.74) is 5.90. The minimum Gasteiger partial charge on any atom is -0.405 e. The van der Waals surface area contributed by atoms with Crippen LogP contribution in [0.25, 0.3) is 22.3 Å². The lowest BCUT2D eigenvalue weighted by Gasteiger charge is -2.20. The molecule has 0 fully saturated rings. The van der Waals surface area contributed by atoms with E-state index in [1.165, 1.54) is 24.3 Å². The summed E-state index contributed by atoms with van der Waals surface area (Å²) in [4.78, 5) is 0.202. The van der Waals surface area contributed by atoms with E-state index in [1.807, 2.05) is 13.8 Å². The van der Waals surface area contributed by atoms with Crippen LogP contribution in [0.1, 0.15) is 32.4 Å². The zero-order chi connectivity index (χ0) is 29.1. The van der Waals surface area contributed by atoms with Crippen molar-refractivity contribution in [2.24, 2.45) is 0 Å². The van der Waals surface area contributed by atoms with E-state index >= 15 is 0 Å². The number of hydroxylamine groups is 1. The van der Waals surface area contributed by atoms with Crippen molar-refractivity contribution in [1.82, 2.24) is 15.0 Å². The summed E-state index contributed by atoms with van der Waals surface area (Å²) in [6.45, 7) is 5.50. The monoisotopic (exact) mass is 574 g/mol. The third kappa shape index (κ3) is 7.00. The van der Waals surface area contributed by atoms with Crippen molar-refractivity contribution in [3.63, 3.8) is 0 Å². The van der Waals surface area contributed by atoms with Crippen molar-refractivity contribution >= 4 is 15.5 Å². The van der Waals surface area contributed by atoms with E-state index in [2.05, 4.69) is 15.3 Å². The largest absolute Gasteiger partial charge is 0.573 e. The Morgan fingerprint density at radius 3 is 2.35 bits per heavy atom. The molecule has 0 radical (unpaired) electrons. The molecule has 0 bridgehead atoms. The summed E-state index contributed by atoms with van der Waals surface area (Å²) in [5, 5.41) is 15.8. The first-order chi connectivity index (χ1) is 18.9. The van der Waals surface area contributed by atoms with E-state index in [0.29, 0.717) is 27.9 Å². The minimum absolute atomic E-state index is 0.0127. The number of aromatic nitrogens is 2. The number of anilines is 1. The average Bonchev–Trinajstić information content (AvgIpc) is 3.39. The zero-order valence-electron chi connectivity index (χ0n) is 22.1. The number of benzene rings is 3. The number of hydrogen-bond donors (Lipinski definition) is 2. The van der Waals surface area contributed by atoms with Gasteiger partial charge < -0.3 is 4.74 Å². The molecular weight excluding hydrogens is 545 g/mol. The SMILES string of the molecule is CCS(=O)(=O)c1ccc(CN(O)Nc2ccc(-c3ccccc3OC(F)(F)F)c(-c3cnn(C(C)C)c3)c2)cc1. The Morgan fingerprint density at radius 2 is 1.73 bits per heavy atom. The first kappa shape index (κ1) is 29.1. The fourth-order valence-electron chi connectivity index (χ4n) is 4.08. The van der Waals surface area contributed by atoms with Crippen LogP contribution >= 0.6 is 0 Å². The van der Waals surface area contributed by atoms with Gasteiger partial charge in [0.05, 0.1) is 29.1 Å². The molecule has 0 aliphatic heterocycles. The van der Waals surface area contributed by atoms with Crippen LogP contribution < -0.4 is 10.2 Å². The summed E-state index contributed by atoms with van der Waals surface area (Å²) >= 11 is 0. The molecule has 0 atom stereocenters. The van der Waals surface area contributed by atoms with E-state index in [4.69, 9.17) is 0 Å². The number of nitrogens with one attached hydrogen (secondary N) is 1. The van der Waals surface area contributed by atoms with Gasteiger partial charge in [0.1, 0.15) is 5.75 Å². The van der Waals surface area contributed by atoms with Gasteiger partial charge in [0, 0.05) is 23.4 Å². The Balaban J connectivity index is 1.66. The third-order valence-electron chi connectivity index (χ3n) is 6.12. The van der Waals surface area contributed by atoms with Crippen molar-refractivity contribution in [2.45, 2.75) is 44.6 Å². The van der Waals surface area contributed by atoms with Crippen molar-refractivity contribution in [1.29, 1.82) is 0 Å². The molecule has 0 unspecified atom stereocenters. The zero-order valence-corrected chi connectivity index (χ0v) is 22.9. The van der Waals surface area contributed by atoms with Crippen LogP contribution in [-0.2, 0) is 16.4 Å². The molecule has 212 valence electrons. The molecule has 0 saturated carbocycles. The smallest absolute Gasteiger partial charge is 0.405 e. The molecule has 3 aromatic carbocycles. The Labute approximate surface area is 230 Å². The Hall–Kier alpha value is -3.87. The van der Waals surface area contributed by atoms with E-state index in [1.54, 1.807) is 66.5 Å². The molecule has 1 aromatic heterocycles. The first-order valence-corrected chi connectivity index (χ1v) is 14.1. The number of halogens is 3. The van der Waals surface area contributed by atoms with Gasteiger partial charge in [-0.25, -0.2) is 8.42 Å². The number of hydrazine groups is 1. The quantitative estimate of drug-likeness (QED) is 0.203. The summed E-state index contributed by atoms with van der Waals surface area (Å²) in [6, 6.07) is 17.1. The fourth-order valence-corrected chi connectivity index (χ4v) is 4.96. The van der Waals surface area contributed by atoms with Gasteiger partial charge >= 0.3 is 6.36 Å². The molecule has 12 heteroatoms. The molecule has 8 nitrogen and oxygen atoms in total. The highest BCUT2D eigenvalue weighted by molar-refractivity contribution is 7.91. The van der Waals surface area contributed by atoms with Gasteiger partial charge in [-0.2, -0.15) is 5.10 Å². The molecule has 1 heterocycles. The maximum Gasteiger partial charge on any atom is 0.573 e. The summed E-state index contributed by atoms with van der Waals surface area (Å²) < 4.78 is 69.5. The molecule has 0 saturated heterocycles. The highest BCUT2D eigenvalue weighted by Gasteiger charge is 2.32. The molecular formula is C28H29F3N4O4S. The lowest BCUT2D eigenvalue weighted by atomic mass is 9.95. The number of para-hydroxylation sites is 1. The fraction of sp³-hybridized carbons (Fsp3) is 0.250. The van der Waals surface area contributed by atoms with Gasteiger partial charge in [0.2, 0.25) is 0 Å². The van der Waals surface area contributed by atoms with Crippen LogP contribution in [0.3, 0.4) is 0 Å². The maximum atomic E-state index is 13.1. The van der Waals surface area contributed by atoms with Crippen LogP contribution in [0.2, 0.25) is 0 Å². The summed E-state index contributed by atoms with van der Waals surface area (Å²) in [6.07, 6.45) is -1.45. The second kappa shape index (κ2) is 11.7. The van der Waals surface area contributed by atoms with E-state index in [-0.39, 0.29) is 34.5 Å². The molecule has 0 amide bonds. The molecule has 4 rings (SSSR count). The Kier molecular flexibility index (Phi) is 8.52. The van der Waals surface area contributed by atoms with Gasteiger partial charge in [-0.1, -0.05) is 43.3 Å². The standard InChI is InChI=1S/C28H29F3N4O4S/c1-4-40(37,38)23-12-9-20(10-13-23)17-35(36)33-22-11-14-24(25-7-5-6-8-27(25)39-28(29,30)31)26(15-22)21-16-32-34(18-21)19(2)3/h5-16,18-19,33,36H,4,17H2,1-3H3. The molecule has 40 heavy (non-hydrogen) atoms. The Bertz CT molecular complexity index is 1570. The second-order valence-electron chi connectivity index (χ2n) is 9.32. The second-order valence-corrected chi connectivity index (χ2v) is 11.6. The molecule has 0 aliphatic rings. The van der Waals surface area contributed by atoms with Gasteiger partial charge in [0.25, 0.3) is 0 Å². The van der Waals surface area contributed by atoms with Crippen LogP contribution in [0.4, 0.5) is 18.9 Å². The number of rotatable bonds is 10. The van der Waals surface area contributed by atoms with Crippen LogP contribution in [-0.4, -0.2) is 40.7 Å². The van der Waals surface area contributed by atoms with Crippen molar-refractivity contribution in [3.8, 4) is 28.0 Å². The van der Waals surface area contributed by atoms with Gasteiger partial charge in [0.15, 0.2) is 9.84 Å². The normalized spacial score (nSPS) is 12.2. The van der Waals surface area contributed by atoms with Crippen molar-refractivity contribution in [2.75, 3.05) is 11.2 Å². The molecule has 0 spiro atoms. The predicted molar refractivity (Wildman–Crippen MR) is 145 cm³/mol. The number of alkyl halides is 3. The highest BCUT2D eigenvalue weighted by Crippen LogP contribution is 2.40. The topological polar surface area (TPSA) is 96.7 Å². The lowest BCUT2D eigenvalue weighted by Crippen LogP contribution is -2.25. The minimum atomic E-state index is -4.86. The van der Waals surface area contributed by atoms with Gasteiger partial charge in [-0.3, -0.25) is 15.3 Å². The number of ether oxygens (including phenoxy) is 1. The molecule has 2 N–H and O–H groups in total. The first-order valence-electron chi connectivity index (χ1n) is 12.4. The van der Waals surface area contributed by atoms with E-state index in [9.17, 15) is 26.8 Å². The third-order valence-corrected chi connectivity index (χ3v) is 7.87. The number of sulfone groups is 1. The molecule has 0 aliphatic carbocycles. The summed E-state index contributed by atoms with van der Waals surface area (Å²) in [7, 11) is -3.34. The molecule has 4 aromatic rings. The Morgan fingerprint density at radius 1 is 1.02 bits per heavy atom. The lowest BCUT2D eigenvalue weighted by molar-refractivity contribution is -0.274. The number of hydrogen-bond acceptors (Lipinski definition) is 7. The van der Waals surface area contributed by atoms with Gasteiger partial charge in [-0.05, 0) is 60.9 Å². The van der Waals surface area contributed by atoms with E-state index in [0.717, 1.165) is 5.17 Å². The maximum absolute atomic E-state index is 13.1. The van der Waals surface area contributed by atoms with Crippen LogP contribution in [0.15, 0.2) is 84.0 Å². The highest BCUT2D eigenvalue weighted by atomic mass is 32.2. The van der Waals surface area contributed by atoms with Crippen LogP contribution in [0.5, 0.6) is 5.75 Å². The van der Waals surface area contributed by atoms with Gasteiger partial charge in [-0.15, -0.1) is 18.3 Å². The average molecular weight is 575 g/mol. The predicted octanol–water partition coefficient (Wildman–Crippen LogP) is 6.71.